The van der Waals surface area contributed by atoms with Gasteiger partial charge >= 0.3 is 0 Å². The zero-order valence-corrected chi connectivity index (χ0v) is 34.4. The van der Waals surface area contributed by atoms with Crippen molar-refractivity contribution in [3.63, 3.8) is 0 Å². The first-order valence-corrected chi connectivity index (χ1v) is 20.9. The highest BCUT2D eigenvalue weighted by Gasteiger charge is 2.45. The van der Waals surface area contributed by atoms with Gasteiger partial charge in [0.15, 0.2) is 5.84 Å². The second-order valence-electron chi connectivity index (χ2n) is 15.7. The summed E-state index contributed by atoms with van der Waals surface area (Å²) < 4.78 is 6.43. The van der Waals surface area contributed by atoms with Crippen LogP contribution in [0.5, 0.6) is 0 Å². The number of benzene rings is 8. The Morgan fingerprint density at radius 3 is 1.89 bits per heavy atom. The minimum Gasteiger partial charge on any atom is -0.455 e. The van der Waals surface area contributed by atoms with Crippen molar-refractivity contribution in [1.29, 1.82) is 0 Å². The topological polar surface area (TPSA) is 89.9 Å². The molecule has 1 aliphatic rings. The van der Waals surface area contributed by atoms with Crippen molar-refractivity contribution in [2.24, 2.45) is 21.5 Å². The summed E-state index contributed by atoms with van der Waals surface area (Å²) in [5, 5.41) is 2.18. The van der Waals surface area contributed by atoms with E-state index < -0.39 is 5.41 Å². The molecule has 0 saturated carbocycles. The van der Waals surface area contributed by atoms with Gasteiger partial charge in [-0.05, 0) is 87.0 Å². The summed E-state index contributed by atoms with van der Waals surface area (Å²) in [6.45, 7) is 2.56. The molecule has 4 N–H and O–H groups in total. The van der Waals surface area contributed by atoms with Crippen LogP contribution in [0, 0.1) is 0 Å². The van der Waals surface area contributed by atoms with Gasteiger partial charge in [0.05, 0.1) is 12.0 Å². The highest BCUT2D eigenvalue weighted by molar-refractivity contribution is 6.12. The number of aliphatic imine (C=N–C) groups is 2. The third kappa shape index (κ3) is 6.70. The molecule has 0 atom stereocenters. The number of nitrogens with two attached hydrogens (primary N) is 2. The van der Waals surface area contributed by atoms with E-state index in [0.29, 0.717) is 18.2 Å². The zero-order chi connectivity index (χ0) is 42.0. The van der Waals surface area contributed by atoms with Gasteiger partial charge in [0.1, 0.15) is 17.0 Å². The largest absolute Gasteiger partial charge is 0.455 e. The van der Waals surface area contributed by atoms with E-state index in [1.807, 2.05) is 60.7 Å². The normalized spacial score (nSPS) is 13.8. The molecule has 10 rings (SSSR count). The third-order valence-corrected chi connectivity index (χ3v) is 12.1. The smallest absolute Gasteiger partial charge is 0.157 e. The van der Waals surface area contributed by atoms with Crippen molar-refractivity contribution >= 4 is 39.2 Å². The molecule has 9 aromatic rings. The molecule has 5 heteroatoms. The van der Waals surface area contributed by atoms with Crippen LogP contribution < -0.4 is 11.5 Å². The fourth-order valence-corrected chi connectivity index (χ4v) is 9.11. The molecular formula is C57H44N4O. The summed E-state index contributed by atoms with van der Waals surface area (Å²) in [5.74, 6) is 0.933. The van der Waals surface area contributed by atoms with Crippen LogP contribution >= 0.6 is 0 Å². The number of furan rings is 1. The first kappa shape index (κ1) is 38.2. The van der Waals surface area contributed by atoms with Crippen LogP contribution in [0.4, 0.5) is 0 Å². The lowest BCUT2D eigenvalue weighted by Crippen LogP contribution is -2.28. The van der Waals surface area contributed by atoms with Gasteiger partial charge in [-0.25, -0.2) is 4.99 Å². The molecule has 5 nitrogen and oxygen atoms in total. The van der Waals surface area contributed by atoms with E-state index in [-0.39, 0.29) is 0 Å². The molecule has 0 aliphatic heterocycles. The Balaban J connectivity index is 1.06. The molecule has 0 radical (unpaired) electrons. The van der Waals surface area contributed by atoms with E-state index >= 15 is 0 Å². The van der Waals surface area contributed by atoms with E-state index in [2.05, 4.69) is 153 Å². The summed E-state index contributed by atoms with van der Waals surface area (Å²) in [7, 11) is 0. The molecule has 298 valence electrons. The molecule has 0 bridgehead atoms. The standard InChI is InChI=1S/C57H44N4O/c1-38(14-13-35-58)40-27-31-44(32-28-40)57(51-24-8-5-19-47(51)48-20-6-9-25-52(48)57)45-33-29-41(30-34-45)55(59)61-56(60-37-39-15-3-2-4-16-39)43-18-11-17-42(36-43)46-22-12-23-50-49-21-7-10-26-53(49)62-54(46)50/h2-36H,37,58H2,1H3,(H2,59,60,61)/b35-13-,38-14+. The van der Waals surface area contributed by atoms with Gasteiger partial charge in [-0.2, -0.15) is 0 Å². The first-order chi connectivity index (χ1) is 30.5. The van der Waals surface area contributed by atoms with Crippen LogP contribution in [0.3, 0.4) is 0 Å². The number of allylic oxidation sites excluding steroid dienone is 3. The molecule has 0 amide bonds. The minimum atomic E-state index is -0.559. The lowest BCUT2D eigenvalue weighted by atomic mass is 9.67. The SMILES string of the molecule is C/C(=C\C=C/N)c1ccc(C2(c3ccc(C(N)=NC(=NCc4ccccc4)c4cccc(-c5cccc6c5oc5ccccc56)c4)cc3)c3ccccc3-c3ccccc32)cc1. The molecule has 0 fully saturated rings. The van der Waals surface area contributed by atoms with Crippen molar-refractivity contribution in [2.45, 2.75) is 18.9 Å². The van der Waals surface area contributed by atoms with Gasteiger partial charge in [0, 0.05) is 27.5 Å². The van der Waals surface area contributed by atoms with Crippen molar-refractivity contribution in [1.82, 2.24) is 0 Å². The minimum absolute atomic E-state index is 0.382. The predicted molar refractivity (Wildman–Crippen MR) is 257 cm³/mol. The second-order valence-corrected chi connectivity index (χ2v) is 15.7. The maximum Gasteiger partial charge on any atom is 0.157 e. The zero-order valence-electron chi connectivity index (χ0n) is 34.4. The van der Waals surface area contributed by atoms with Crippen LogP contribution in [0.1, 0.15) is 51.4 Å². The van der Waals surface area contributed by atoms with Crippen molar-refractivity contribution in [3.05, 3.63) is 257 Å². The average Bonchev–Trinajstić information content (AvgIpc) is 3.87. The number of nitrogens with zero attached hydrogens (tertiary/aromatic N) is 2. The number of rotatable bonds is 9. The maximum absolute atomic E-state index is 6.99. The Hall–Kier alpha value is -8.02. The summed E-state index contributed by atoms with van der Waals surface area (Å²) >= 11 is 0. The molecule has 1 heterocycles. The molecule has 1 aliphatic carbocycles. The molecular weight excluding hydrogens is 757 g/mol. The van der Waals surface area contributed by atoms with E-state index in [1.165, 1.54) is 27.8 Å². The fourth-order valence-electron chi connectivity index (χ4n) is 9.11. The number of fused-ring (bicyclic) bond motifs is 6. The van der Waals surface area contributed by atoms with Crippen molar-refractivity contribution in [3.8, 4) is 22.3 Å². The van der Waals surface area contributed by atoms with Gasteiger partial charge in [0.25, 0.3) is 0 Å². The summed E-state index contributed by atoms with van der Waals surface area (Å²) in [5.41, 5.74) is 28.1. The van der Waals surface area contributed by atoms with Crippen molar-refractivity contribution in [2.75, 3.05) is 0 Å². The fraction of sp³-hybridized carbons (Fsp3) is 0.0526. The lowest BCUT2D eigenvalue weighted by molar-refractivity contribution is 0.670. The maximum atomic E-state index is 6.99. The van der Waals surface area contributed by atoms with E-state index in [9.17, 15) is 0 Å². The van der Waals surface area contributed by atoms with Gasteiger partial charge in [0.2, 0.25) is 0 Å². The molecule has 0 spiro atoms. The average molecular weight is 801 g/mol. The van der Waals surface area contributed by atoms with Crippen LogP contribution in [0.15, 0.2) is 227 Å². The van der Waals surface area contributed by atoms with Crippen LogP contribution in [0.25, 0.3) is 49.8 Å². The second kappa shape index (κ2) is 16.2. The molecule has 8 aromatic carbocycles. The molecule has 1 aromatic heterocycles. The summed E-state index contributed by atoms with van der Waals surface area (Å²) in [4.78, 5) is 10.2. The Morgan fingerprint density at radius 2 is 1.18 bits per heavy atom. The van der Waals surface area contributed by atoms with Crippen LogP contribution in [0.2, 0.25) is 0 Å². The first-order valence-electron chi connectivity index (χ1n) is 20.9. The highest BCUT2D eigenvalue weighted by Crippen LogP contribution is 2.56. The highest BCUT2D eigenvalue weighted by atomic mass is 16.3. The van der Waals surface area contributed by atoms with Gasteiger partial charge in [-0.15, -0.1) is 0 Å². The third-order valence-electron chi connectivity index (χ3n) is 12.1. The number of amidine groups is 2. The van der Waals surface area contributed by atoms with Gasteiger partial charge in [-0.3, -0.25) is 4.99 Å². The summed E-state index contributed by atoms with van der Waals surface area (Å²) in [6, 6.07) is 68.1. The Labute approximate surface area is 361 Å². The van der Waals surface area contributed by atoms with E-state index in [4.69, 9.17) is 25.9 Å². The van der Waals surface area contributed by atoms with Gasteiger partial charge in [-0.1, -0.05) is 188 Å². The molecule has 0 saturated heterocycles. The molecule has 62 heavy (non-hydrogen) atoms. The number of para-hydroxylation sites is 2. The number of hydrogen-bond acceptors (Lipinski definition) is 3. The van der Waals surface area contributed by atoms with E-state index in [0.717, 1.165) is 66.5 Å². The number of hydrogen-bond donors (Lipinski definition) is 2. The van der Waals surface area contributed by atoms with Crippen LogP contribution in [-0.4, -0.2) is 11.7 Å². The molecule has 0 unspecified atom stereocenters. The van der Waals surface area contributed by atoms with Gasteiger partial charge < -0.3 is 15.9 Å². The Morgan fingerprint density at radius 1 is 0.581 bits per heavy atom. The Bertz CT molecular complexity index is 3180. The monoisotopic (exact) mass is 800 g/mol. The predicted octanol–water partition coefficient (Wildman–Crippen LogP) is 12.8. The lowest BCUT2D eigenvalue weighted by Gasteiger charge is -2.34. The van der Waals surface area contributed by atoms with E-state index in [1.54, 1.807) is 6.20 Å². The summed E-state index contributed by atoms with van der Waals surface area (Å²) in [6.07, 6.45) is 5.46. The van der Waals surface area contributed by atoms with Crippen LogP contribution in [-0.2, 0) is 12.0 Å². The quantitative estimate of drug-likeness (QED) is 0.0865. The Kier molecular flexibility index (Phi) is 9.99. The van der Waals surface area contributed by atoms with Crippen molar-refractivity contribution < 1.29 is 4.42 Å².